The van der Waals surface area contributed by atoms with Crippen LogP contribution in [0.1, 0.15) is 48.6 Å². The molecule has 142 valence electrons. The molecule has 0 unspecified atom stereocenters. The van der Waals surface area contributed by atoms with Gasteiger partial charge in [0.05, 0.1) is 11.1 Å². The number of fused-ring (bicyclic) bond motifs is 3. The lowest BCUT2D eigenvalue weighted by Gasteiger charge is -2.17. The fourth-order valence-corrected chi connectivity index (χ4v) is 5.70. The number of aromatic nitrogens is 4. The second kappa shape index (κ2) is 7.59. The van der Waals surface area contributed by atoms with Crippen molar-refractivity contribution in [3.63, 3.8) is 0 Å². The molecule has 27 heavy (non-hydrogen) atoms. The first kappa shape index (κ1) is 18.4. The van der Waals surface area contributed by atoms with Crippen molar-refractivity contribution in [1.29, 1.82) is 0 Å². The lowest BCUT2D eigenvalue weighted by Crippen LogP contribution is -2.14. The maximum absolute atomic E-state index is 12.6. The van der Waals surface area contributed by atoms with Crippen LogP contribution in [0.3, 0.4) is 0 Å². The Bertz CT molecular complexity index is 1100. The summed E-state index contributed by atoms with van der Waals surface area (Å²) in [6.07, 6.45) is 4.84. The maximum atomic E-state index is 12.6. The Morgan fingerprint density at radius 3 is 2.96 bits per heavy atom. The predicted molar refractivity (Wildman–Crippen MR) is 110 cm³/mol. The minimum atomic E-state index is -0.145. The number of nitrogens with one attached hydrogen (secondary N) is 2. The Morgan fingerprint density at radius 1 is 1.30 bits per heavy atom. The summed E-state index contributed by atoms with van der Waals surface area (Å²) in [4.78, 5) is 41.4. The third-order valence-electron chi connectivity index (χ3n) is 4.84. The Hall–Kier alpha value is -1.93. The third-order valence-corrected chi connectivity index (χ3v) is 6.87. The average molecular weight is 403 g/mol. The number of nitrogens with zero attached hydrogens (tertiary/aromatic N) is 2. The van der Waals surface area contributed by atoms with Crippen LogP contribution >= 0.6 is 23.1 Å². The van der Waals surface area contributed by atoms with E-state index in [0.29, 0.717) is 22.7 Å². The summed E-state index contributed by atoms with van der Waals surface area (Å²) in [5.41, 5.74) is 1.79. The number of thioether (sulfide) groups is 1. The number of rotatable bonds is 5. The van der Waals surface area contributed by atoms with Crippen LogP contribution in [-0.2, 0) is 25.0 Å². The molecular weight excluding hydrogens is 380 g/mol. The lowest BCUT2D eigenvalue weighted by molar-refractivity contribution is 0.509. The summed E-state index contributed by atoms with van der Waals surface area (Å²) in [7, 11) is 0. The van der Waals surface area contributed by atoms with Crippen LogP contribution in [0, 0.1) is 5.92 Å². The van der Waals surface area contributed by atoms with Crippen LogP contribution in [-0.4, -0.2) is 19.9 Å². The largest absolute Gasteiger partial charge is 0.309 e. The van der Waals surface area contributed by atoms with E-state index in [1.165, 1.54) is 28.3 Å². The molecule has 3 aromatic heterocycles. The van der Waals surface area contributed by atoms with E-state index in [9.17, 15) is 9.59 Å². The Morgan fingerprint density at radius 2 is 2.15 bits per heavy atom. The molecule has 0 aromatic carbocycles. The molecule has 0 saturated carbocycles. The van der Waals surface area contributed by atoms with Crippen molar-refractivity contribution in [3.05, 3.63) is 48.7 Å². The van der Waals surface area contributed by atoms with Crippen molar-refractivity contribution in [2.24, 2.45) is 5.92 Å². The maximum Gasteiger partial charge on any atom is 0.259 e. The first-order valence-electron chi connectivity index (χ1n) is 9.30. The van der Waals surface area contributed by atoms with E-state index in [2.05, 4.69) is 33.8 Å². The summed E-state index contributed by atoms with van der Waals surface area (Å²) in [6.45, 7) is 4.31. The normalized spacial score (nSPS) is 16.6. The molecule has 1 aliphatic rings. The molecule has 0 spiro atoms. The van der Waals surface area contributed by atoms with Crippen LogP contribution in [0.2, 0.25) is 0 Å². The molecule has 3 heterocycles. The topological polar surface area (TPSA) is 91.5 Å². The third kappa shape index (κ3) is 3.87. The van der Waals surface area contributed by atoms with Crippen molar-refractivity contribution >= 4 is 33.3 Å². The van der Waals surface area contributed by atoms with Gasteiger partial charge in [-0.3, -0.25) is 9.59 Å². The van der Waals surface area contributed by atoms with Gasteiger partial charge in [0, 0.05) is 16.6 Å². The first-order chi connectivity index (χ1) is 13.0. The van der Waals surface area contributed by atoms with Gasteiger partial charge < -0.3 is 9.97 Å². The number of aromatic amines is 2. The molecular formula is C19H22N4O2S2. The molecule has 8 heteroatoms. The Labute approximate surface area is 164 Å². The summed E-state index contributed by atoms with van der Waals surface area (Å²) in [5.74, 6) is 1.74. The van der Waals surface area contributed by atoms with Crippen LogP contribution in [0.15, 0.2) is 20.8 Å². The van der Waals surface area contributed by atoms with Gasteiger partial charge in [-0.1, -0.05) is 32.0 Å². The minimum Gasteiger partial charge on any atom is -0.309 e. The van der Waals surface area contributed by atoms with Crippen LogP contribution in [0.25, 0.3) is 10.2 Å². The highest BCUT2D eigenvalue weighted by Gasteiger charge is 2.23. The van der Waals surface area contributed by atoms with Gasteiger partial charge in [-0.25, -0.2) is 9.97 Å². The molecule has 0 aliphatic heterocycles. The van der Waals surface area contributed by atoms with E-state index < -0.39 is 0 Å². The zero-order valence-corrected chi connectivity index (χ0v) is 17.1. The number of H-pyrrole nitrogens is 2. The van der Waals surface area contributed by atoms with E-state index in [4.69, 9.17) is 0 Å². The summed E-state index contributed by atoms with van der Waals surface area (Å²) >= 11 is 3.04. The van der Waals surface area contributed by atoms with Gasteiger partial charge in [0.25, 0.3) is 11.1 Å². The van der Waals surface area contributed by atoms with Crippen LogP contribution in [0.4, 0.5) is 0 Å². The van der Waals surface area contributed by atoms with Crippen LogP contribution in [0.5, 0.6) is 0 Å². The summed E-state index contributed by atoms with van der Waals surface area (Å²) in [6, 6.07) is 1.54. The highest BCUT2D eigenvalue weighted by molar-refractivity contribution is 7.98. The second-order valence-electron chi connectivity index (χ2n) is 7.13. The number of hydrogen-bond acceptors (Lipinski definition) is 6. The molecule has 3 aromatic rings. The van der Waals surface area contributed by atoms with E-state index >= 15 is 0 Å². The second-order valence-corrected chi connectivity index (χ2v) is 9.17. The monoisotopic (exact) mass is 402 g/mol. The molecule has 0 fully saturated rings. The number of hydrogen-bond donors (Lipinski definition) is 2. The molecule has 1 atom stereocenters. The molecule has 6 nitrogen and oxygen atoms in total. The number of aryl methyl sites for hydroxylation is 2. The molecule has 1 aliphatic carbocycles. The van der Waals surface area contributed by atoms with Gasteiger partial charge in [-0.15, -0.1) is 11.3 Å². The smallest absolute Gasteiger partial charge is 0.259 e. The Kier molecular flexibility index (Phi) is 5.19. The van der Waals surface area contributed by atoms with Crippen molar-refractivity contribution in [2.75, 3.05) is 0 Å². The van der Waals surface area contributed by atoms with Gasteiger partial charge in [0.1, 0.15) is 10.7 Å². The highest BCUT2D eigenvalue weighted by Crippen LogP contribution is 2.35. The molecule has 2 N–H and O–H groups in total. The van der Waals surface area contributed by atoms with Crippen molar-refractivity contribution in [2.45, 2.75) is 56.9 Å². The quantitative estimate of drug-likeness (QED) is 0.504. The fraction of sp³-hybridized carbons (Fsp3) is 0.474. The van der Waals surface area contributed by atoms with E-state index in [1.807, 2.05) is 0 Å². The van der Waals surface area contributed by atoms with Crippen molar-refractivity contribution < 1.29 is 0 Å². The summed E-state index contributed by atoms with van der Waals surface area (Å²) in [5, 5.41) is 1.33. The zero-order valence-electron chi connectivity index (χ0n) is 15.4. The molecule has 0 amide bonds. The van der Waals surface area contributed by atoms with Gasteiger partial charge in [0.2, 0.25) is 0 Å². The molecule has 0 saturated heterocycles. The van der Waals surface area contributed by atoms with Gasteiger partial charge in [-0.2, -0.15) is 0 Å². The number of thiophene rings is 1. The van der Waals surface area contributed by atoms with Gasteiger partial charge >= 0.3 is 0 Å². The highest BCUT2D eigenvalue weighted by atomic mass is 32.2. The molecule has 4 rings (SSSR count). The van der Waals surface area contributed by atoms with Crippen molar-refractivity contribution in [1.82, 2.24) is 19.9 Å². The zero-order chi connectivity index (χ0) is 19.0. The predicted octanol–water partition coefficient (Wildman–Crippen LogP) is 3.44. The standard InChI is InChI=1S/C19H22N4O2S2/c1-3-4-11-8-15(24)23-19(20-11)26-9-14-21-17(25)16-12-6-5-10(2)7-13(12)27-18(16)22-14/h8,10H,3-7,9H2,1-2H3,(H,20,23,24)(H,21,22,25)/t10-/m1/s1. The average Bonchev–Trinajstić information content (AvgIpc) is 2.97. The molecule has 0 bridgehead atoms. The van der Waals surface area contributed by atoms with E-state index in [1.54, 1.807) is 11.3 Å². The van der Waals surface area contributed by atoms with E-state index in [-0.39, 0.29) is 11.1 Å². The van der Waals surface area contributed by atoms with E-state index in [0.717, 1.165) is 48.0 Å². The van der Waals surface area contributed by atoms with Gasteiger partial charge in [0.15, 0.2) is 5.16 Å². The first-order valence-corrected chi connectivity index (χ1v) is 11.1. The lowest BCUT2D eigenvalue weighted by atomic mass is 9.89. The summed E-state index contributed by atoms with van der Waals surface area (Å²) < 4.78 is 0. The van der Waals surface area contributed by atoms with Gasteiger partial charge in [-0.05, 0) is 37.2 Å². The SMILES string of the molecule is CCCc1cc(=O)[nH]c(SCc2nc3sc4c(c3c(=O)[nH]2)CC[C@@H](C)C4)n1. The molecule has 0 radical (unpaired) electrons. The minimum absolute atomic E-state index is 0.0520. The fourth-order valence-electron chi connectivity index (χ4n) is 3.53. The van der Waals surface area contributed by atoms with Crippen molar-refractivity contribution in [3.8, 4) is 0 Å². The van der Waals surface area contributed by atoms with Crippen LogP contribution < -0.4 is 11.1 Å². The Balaban J connectivity index is 1.60.